The van der Waals surface area contributed by atoms with Gasteiger partial charge in [0.15, 0.2) is 0 Å². The predicted molar refractivity (Wildman–Crippen MR) is 101 cm³/mol. The molecule has 1 unspecified atom stereocenters. The lowest BCUT2D eigenvalue weighted by Crippen LogP contribution is -2.29. The quantitative estimate of drug-likeness (QED) is 0.506. The number of oxime groups is 1. The molecule has 1 N–H and O–H groups in total. The molecule has 130 valence electrons. The van der Waals surface area contributed by atoms with E-state index in [1.807, 2.05) is 30.3 Å². The van der Waals surface area contributed by atoms with Gasteiger partial charge in [0.05, 0.1) is 13.2 Å². The van der Waals surface area contributed by atoms with Crippen LogP contribution >= 0.6 is 0 Å². The Balaban J connectivity index is 2.10. The van der Waals surface area contributed by atoms with Gasteiger partial charge in [-0.05, 0) is 41.3 Å². The van der Waals surface area contributed by atoms with Crippen molar-refractivity contribution in [1.82, 2.24) is 4.90 Å². The van der Waals surface area contributed by atoms with Crippen LogP contribution < -0.4 is 4.74 Å². The van der Waals surface area contributed by atoms with Gasteiger partial charge >= 0.3 is 0 Å². The fourth-order valence-electron chi connectivity index (χ4n) is 3.61. The SMILES string of the molecule is COc1ccc(/C(=N\O)C2=CN(C)C(C(C)C)c3ccccc32)cc1. The van der Waals surface area contributed by atoms with E-state index in [1.165, 1.54) is 5.56 Å². The first-order chi connectivity index (χ1) is 12.1. The minimum atomic E-state index is 0.302. The molecule has 1 atom stereocenters. The summed E-state index contributed by atoms with van der Waals surface area (Å²) in [6, 6.07) is 16.2. The van der Waals surface area contributed by atoms with Crippen molar-refractivity contribution in [3.63, 3.8) is 0 Å². The smallest absolute Gasteiger partial charge is 0.119 e. The molecule has 0 amide bonds. The first-order valence-corrected chi connectivity index (χ1v) is 8.46. The Kier molecular flexibility index (Phi) is 4.79. The Bertz CT molecular complexity index is 807. The highest BCUT2D eigenvalue weighted by Crippen LogP contribution is 2.39. The van der Waals surface area contributed by atoms with Gasteiger partial charge in [0.25, 0.3) is 0 Å². The summed E-state index contributed by atoms with van der Waals surface area (Å²) in [5.41, 5.74) is 4.70. The van der Waals surface area contributed by atoms with Crippen molar-refractivity contribution in [1.29, 1.82) is 0 Å². The fourth-order valence-corrected chi connectivity index (χ4v) is 3.61. The maximum atomic E-state index is 9.74. The lowest BCUT2D eigenvalue weighted by atomic mass is 9.83. The number of rotatable bonds is 4. The molecule has 0 saturated heterocycles. The van der Waals surface area contributed by atoms with E-state index < -0.39 is 0 Å². The summed E-state index contributed by atoms with van der Waals surface area (Å²) in [5, 5.41) is 13.4. The average molecular weight is 336 g/mol. The molecule has 0 saturated carbocycles. The number of ether oxygens (including phenoxy) is 1. The second-order valence-corrected chi connectivity index (χ2v) is 6.66. The third-order valence-corrected chi connectivity index (χ3v) is 4.69. The molecule has 0 aliphatic carbocycles. The van der Waals surface area contributed by atoms with Gasteiger partial charge < -0.3 is 14.8 Å². The van der Waals surface area contributed by atoms with E-state index in [2.05, 4.69) is 55.3 Å². The van der Waals surface area contributed by atoms with Gasteiger partial charge in [0, 0.05) is 24.4 Å². The number of allylic oxidation sites excluding steroid dienone is 1. The highest BCUT2D eigenvalue weighted by Gasteiger charge is 2.29. The van der Waals surface area contributed by atoms with Crippen LogP contribution in [0.5, 0.6) is 5.75 Å². The van der Waals surface area contributed by atoms with E-state index in [1.54, 1.807) is 7.11 Å². The van der Waals surface area contributed by atoms with Crippen molar-refractivity contribution in [2.24, 2.45) is 11.1 Å². The Hall–Kier alpha value is -2.75. The zero-order chi connectivity index (χ0) is 18.0. The lowest BCUT2D eigenvalue weighted by molar-refractivity contribution is 0.260. The molecule has 0 aromatic heterocycles. The molecule has 1 aliphatic rings. The summed E-state index contributed by atoms with van der Waals surface area (Å²) in [7, 11) is 3.71. The van der Waals surface area contributed by atoms with Crippen LogP contribution in [-0.2, 0) is 0 Å². The molecule has 0 radical (unpaired) electrons. The molecule has 0 bridgehead atoms. The predicted octanol–water partition coefficient (Wildman–Crippen LogP) is 4.56. The summed E-state index contributed by atoms with van der Waals surface area (Å²) < 4.78 is 5.22. The molecule has 2 aromatic carbocycles. The van der Waals surface area contributed by atoms with Crippen molar-refractivity contribution in [2.75, 3.05) is 14.2 Å². The number of nitrogens with zero attached hydrogens (tertiary/aromatic N) is 2. The molecule has 3 rings (SSSR count). The van der Waals surface area contributed by atoms with Gasteiger partial charge in [-0.3, -0.25) is 0 Å². The molecule has 2 aromatic rings. The zero-order valence-corrected chi connectivity index (χ0v) is 15.1. The van der Waals surface area contributed by atoms with E-state index in [0.29, 0.717) is 17.7 Å². The maximum Gasteiger partial charge on any atom is 0.119 e. The average Bonchev–Trinajstić information content (AvgIpc) is 2.62. The molecule has 1 aliphatic heterocycles. The van der Waals surface area contributed by atoms with Gasteiger partial charge in [0.1, 0.15) is 11.5 Å². The van der Waals surface area contributed by atoms with Crippen LogP contribution in [0.4, 0.5) is 0 Å². The number of hydrogen-bond donors (Lipinski definition) is 1. The summed E-state index contributed by atoms with van der Waals surface area (Å²) in [6.07, 6.45) is 2.08. The Labute approximate surface area is 149 Å². The van der Waals surface area contributed by atoms with Gasteiger partial charge in [-0.1, -0.05) is 43.3 Å². The monoisotopic (exact) mass is 336 g/mol. The molecule has 4 nitrogen and oxygen atoms in total. The van der Waals surface area contributed by atoms with E-state index in [4.69, 9.17) is 4.74 Å². The zero-order valence-electron chi connectivity index (χ0n) is 15.1. The van der Waals surface area contributed by atoms with E-state index in [0.717, 1.165) is 22.4 Å². The van der Waals surface area contributed by atoms with Crippen LogP contribution in [0.1, 0.15) is 36.6 Å². The highest BCUT2D eigenvalue weighted by atomic mass is 16.5. The lowest BCUT2D eigenvalue weighted by Gasteiger charge is -2.37. The van der Waals surface area contributed by atoms with Crippen molar-refractivity contribution >= 4 is 11.3 Å². The van der Waals surface area contributed by atoms with Crippen molar-refractivity contribution in [2.45, 2.75) is 19.9 Å². The summed E-state index contributed by atoms with van der Waals surface area (Å²) >= 11 is 0. The second-order valence-electron chi connectivity index (χ2n) is 6.66. The van der Waals surface area contributed by atoms with Crippen LogP contribution in [0.3, 0.4) is 0 Å². The van der Waals surface area contributed by atoms with Crippen LogP contribution in [0.25, 0.3) is 5.57 Å². The third-order valence-electron chi connectivity index (χ3n) is 4.69. The summed E-state index contributed by atoms with van der Waals surface area (Å²) in [6.45, 7) is 4.45. The van der Waals surface area contributed by atoms with Gasteiger partial charge in [0.2, 0.25) is 0 Å². The standard InChI is InChI=1S/C21H24N2O2/c1-14(2)21-18-8-6-5-7-17(18)19(13-23(21)3)20(22-24)15-9-11-16(25-4)12-10-15/h5-14,21,24H,1-4H3/b22-20+. The molecule has 1 heterocycles. The number of hydrogen-bond acceptors (Lipinski definition) is 4. The van der Waals surface area contributed by atoms with Crippen molar-refractivity contribution < 1.29 is 9.94 Å². The second kappa shape index (κ2) is 7.01. The Morgan fingerprint density at radius 1 is 1.12 bits per heavy atom. The molecule has 4 heteroatoms. The normalized spacial score (nSPS) is 17.3. The fraction of sp³-hybridized carbons (Fsp3) is 0.286. The molecule has 0 spiro atoms. The first kappa shape index (κ1) is 17.1. The van der Waals surface area contributed by atoms with Crippen LogP contribution in [0.15, 0.2) is 59.9 Å². The van der Waals surface area contributed by atoms with Gasteiger partial charge in [-0.15, -0.1) is 0 Å². The highest BCUT2D eigenvalue weighted by molar-refractivity contribution is 6.32. The molecular weight excluding hydrogens is 312 g/mol. The Morgan fingerprint density at radius 2 is 1.80 bits per heavy atom. The molecule has 0 fully saturated rings. The minimum absolute atomic E-state index is 0.302. The summed E-state index contributed by atoms with van der Waals surface area (Å²) in [5.74, 6) is 1.25. The van der Waals surface area contributed by atoms with Crippen LogP contribution in [0.2, 0.25) is 0 Å². The Morgan fingerprint density at radius 3 is 2.40 bits per heavy atom. The van der Waals surface area contributed by atoms with Crippen molar-refractivity contribution in [3.05, 3.63) is 71.4 Å². The van der Waals surface area contributed by atoms with Gasteiger partial charge in [-0.25, -0.2) is 0 Å². The maximum absolute atomic E-state index is 9.74. The first-order valence-electron chi connectivity index (χ1n) is 8.46. The number of benzene rings is 2. The van der Waals surface area contributed by atoms with E-state index >= 15 is 0 Å². The summed E-state index contributed by atoms with van der Waals surface area (Å²) in [4.78, 5) is 2.21. The molecular formula is C21H24N2O2. The largest absolute Gasteiger partial charge is 0.497 e. The third kappa shape index (κ3) is 3.12. The van der Waals surface area contributed by atoms with Crippen LogP contribution in [0, 0.1) is 5.92 Å². The minimum Gasteiger partial charge on any atom is -0.497 e. The molecule has 25 heavy (non-hydrogen) atoms. The van der Waals surface area contributed by atoms with Gasteiger partial charge in [-0.2, -0.15) is 0 Å². The van der Waals surface area contributed by atoms with Crippen LogP contribution in [-0.4, -0.2) is 30.0 Å². The van der Waals surface area contributed by atoms with E-state index in [9.17, 15) is 5.21 Å². The van der Waals surface area contributed by atoms with Crippen molar-refractivity contribution in [3.8, 4) is 5.75 Å². The van der Waals surface area contributed by atoms with E-state index in [-0.39, 0.29) is 0 Å². The number of fused-ring (bicyclic) bond motifs is 1. The topological polar surface area (TPSA) is 45.1 Å². The number of methoxy groups -OCH3 is 1.